The number of halogens is 1. The van der Waals surface area contributed by atoms with Crippen molar-refractivity contribution in [2.45, 2.75) is 24.6 Å². The first-order valence-electron chi connectivity index (χ1n) is 14.0. The average molecular weight is 582 g/mol. The fourth-order valence-electron chi connectivity index (χ4n) is 5.03. The number of amides is 2. The van der Waals surface area contributed by atoms with E-state index in [9.17, 15) is 19.5 Å². The lowest BCUT2D eigenvalue weighted by molar-refractivity contribution is -0.156. The van der Waals surface area contributed by atoms with Crippen molar-refractivity contribution in [2.24, 2.45) is 0 Å². The number of benzene rings is 4. The summed E-state index contributed by atoms with van der Waals surface area (Å²) >= 11 is 0. The van der Waals surface area contributed by atoms with Gasteiger partial charge in [-0.1, -0.05) is 60.7 Å². The highest BCUT2D eigenvalue weighted by atomic mass is 19.1. The van der Waals surface area contributed by atoms with Crippen LogP contribution in [0.25, 0.3) is 0 Å². The quantitative estimate of drug-likeness (QED) is 0.225. The predicted molar refractivity (Wildman–Crippen MR) is 161 cm³/mol. The Labute approximate surface area is 249 Å². The van der Waals surface area contributed by atoms with Crippen molar-refractivity contribution in [1.82, 2.24) is 10.2 Å². The highest BCUT2D eigenvalue weighted by Crippen LogP contribution is 2.26. The molecular formula is C34H32FN3O5. The van der Waals surface area contributed by atoms with Gasteiger partial charge in [-0.3, -0.25) is 9.59 Å². The molecule has 0 spiro atoms. The number of carbonyl (C=O) groups is 3. The number of anilines is 1. The van der Waals surface area contributed by atoms with E-state index in [0.29, 0.717) is 29.2 Å². The smallest absolute Gasteiger partial charge is 0.351 e. The van der Waals surface area contributed by atoms with Gasteiger partial charge in [0.2, 0.25) is 0 Å². The molecule has 1 saturated heterocycles. The normalized spacial score (nSPS) is 16.1. The summed E-state index contributed by atoms with van der Waals surface area (Å²) < 4.78 is 21.2. The van der Waals surface area contributed by atoms with Gasteiger partial charge in [0.05, 0.1) is 0 Å². The van der Waals surface area contributed by atoms with Gasteiger partial charge in [0.15, 0.2) is 0 Å². The molecule has 0 aliphatic carbocycles. The number of ether oxygens (including phenoxy) is 1. The molecule has 4 aromatic rings. The zero-order chi connectivity index (χ0) is 30.2. The Morgan fingerprint density at radius 3 is 2.05 bits per heavy atom. The molecule has 1 aliphatic rings. The van der Waals surface area contributed by atoms with Crippen molar-refractivity contribution in [1.29, 1.82) is 0 Å². The Morgan fingerprint density at radius 1 is 0.860 bits per heavy atom. The molecule has 2 amide bonds. The lowest BCUT2D eigenvalue weighted by Gasteiger charge is -2.36. The second-order valence-corrected chi connectivity index (χ2v) is 10.4. The summed E-state index contributed by atoms with van der Waals surface area (Å²) in [5, 5.41) is 15.2. The minimum Gasteiger partial charge on any atom is -0.478 e. The largest absolute Gasteiger partial charge is 0.478 e. The van der Waals surface area contributed by atoms with Crippen LogP contribution in [0.2, 0.25) is 0 Å². The van der Waals surface area contributed by atoms with E-state index in [-0.39, 0.29) is 17.6 Å². The first-order chi connectivity index (χ1) is 20.8. The van der Waals surface area contributed by atoms with Gasteiger partial charge in [-0.25, -0.2) is 9.18 Å². The van der Waals surface area contributed by atoms with Crippen LogP contribution in [-0.4, -0.2) is 59.1 Å². The molecule has 0 saturated carbocycles. The molecule has 2 atom stereocenters. The molecule has 220 valence electrons. The van der Waals surface area contributed by atoms with E-state index in [2.05, 4.69) is 22.8 Å². The van der Waals surface area contributed by atoms with Gasteiger partial charge in [-0.15, -0.1) is 0 Å². The Balaban J connectivity index is 1.19. The number of nitrogens with zero attached hydrogens (tertiary/aromatic N) is 1. The number of piperazine rings is 1. The molecule has 2 unspecified atom stereocenters. The molecule has 5 rings (SSSR count). The van der Waals surface area contributed by atoms with Crippen LogP contribution in [0.15, 0.2) is 109 Å². The van der Waals surface area contributed by atoms with Gasteiger partial charge in [0, 0.05) is 43.3 Å². The summed E-state index contributed by atoms with van der Waals surface area (Å²) in [6.45, 7) is 2.10. The van der Waals surface area contributed by atoms with E-state index in [4.69, 9.17) is 4.74 Å². The molecule has 1 heterocycles. The molecule has 9 heteroatoms. The highest BCUT2D eigenvalue weighted by molar-refractivity contribution is 6.11. The van der Waals surface area contributed by atoms with Crippen LogP contribution in [0.4, 0.5) is 10.1 Å². The molecule has 8 nitrogen and oxygen atoms in total. The second kappa shape index (κ2) is 13.3. The minimum atomic E-state index is -3.14. The fourth-order valence-corrected chi connectivity index (χ4v) is 5.03. The topological polar surface area (TPSA) is 108 Å². The lowest BCUT2D eigenvalue weighted by atomic mass is 9.95. The van der Waals surface area contributed by atoms with Crippen LogP contribution in [0.3, 0.4) is 0 Å². The number of rotatable bonds is 10. The number of carboxylic acids is 1. The fraction of sp³-hybridized carbons (Fsp3) is 0.206. The molecule has 3 N–H and O–H groups in total. The summed E-state index contributed by atoms with van der Waals surface area (Å²) in [5.74, 6) is -2.22. The summed E-state index contributed by atoms with van der Waals surface area (Å²) in [5.41, 5.74) is -0.785. The van der Waals surface area contributed by atoms with Gasteiger partial charge in [-0.05, 0) is 66.1 Å². The maximum Gasteiger partial charge on any atom is 0.351 e. The van der Waals surface area contributed by atoms with Crippen molar-refractivity contribution in [3.8, 4) is 11.5 Å². The number of aliphatic carboxylic acids is 1. The van der Waals surface area contributed by atoms with Gasteiger partial charge in [0.25, 0.3) is 17.5 Å². The van der Waals surface area contributed by atoms with Gasteiger partial charge >= 0.3 is 5.97 Å². The van der Waals surface area contributed by atoms with Crippen LogP contribution in [0.5, 0.6) is 11.5 Å². The van der Waals surface area contributed by atoms with Crippen LogP contribution in [0, 0.1) is 0 Å². The van der Waals surface area contributed by atoms with Crippen molar-refractivity contribution < 1.29 is 28.6 Å². The molecule has 1 fully saturated rings. The maximum absolute atomic E-state index is 15.3. The van der Waals surface area contributed by atoms with Gasteiger partial charge < -0.3 is 25.4 Å². The third kappa shape index (κ3) is 7.25. The summed E-state index contributed by atoms with van der Waals surface area (Å²) in [6, 6.07) is 31.3. The standard InChI is InChI=1S/C34H32FN3O5/c35-34(33(41)42,22-25-9-5-2-6-10-25)32(40)37-27-13-17-30(18-14-27)43-29-15-11-26(12-16-29)31(39)38-20-19-36-23-28(38)21-24-7-3-1-4-8-24/h1-18,28,36H,19-23H2,(H,37,40)(H,41,42). The Bertz CT molecular complexity index is 1550. The highest BCUT2D eigenvalue weighted by Gasteiger charge is 2.47. The van der Waals surface area contributed by atoms with E-state index in [0.717, 1.165) is 19.5 Å². The van der Waals surface area contributed by atoms with Crippen LogP contribution in [-0.2, 0) is 22.4 Å². The first-order valence-corrected chi connectivity index (χ1v) is 14.0. The maximum atomic E-state index is 15.3. The third-order valence-electron chi connectivity index (χ3n) is 7.36. The SMILES string of the molecule is O=C(c1ccc(Oc2ccc(NC(=O)C(F)(Cc3ccccc3)C(=O)O)cc2)cc1)N1CCNCC1Cc1ccccc1. The Hall–Kier alpha value is -5.02. The second-order valence-electron chi connectivity index (χ2n) is 10.4. The van der Waals surface area contributed by atoms with Crippen LogP contribution >= 0.6 is 0 Å². The number of carbonyl (C=O) groups excluding carboxylic acids is 2. The Morgan fingerprint density at radius 2 is 1.44 bits per heavy atom. The van der Waals surface area contributed by atoms with Crippen molar-refractivity contribution in [3.63, 3.8) is 0 Å². The predicted octanol–water partition coefficient (Wildman–Crippen LogP) is 5.11. The minimum absolute atomic E-state index is 0.0355. The molecule has 0 aromatic heterocycles. The summed E-state index contributed by atoms with van der Waals surface area (Å²) in [4.78, 5) is 39.6. The van der Waals surface area contributed by atoms with E-state index >= 15 is 4.39 Å². The molecule has 43 heavy (non-hydrogen) atoms. The van der Waals surface area contributed by atoms with Crippen LogP contribution < -0.4 is 15.4 Å². The summed E-state index contributed by atoms with van der Waals surface area (Å²) in [6.07, 6.45) is 0.171. The molecule has 4 aromatic carbocycles. The molecule has 0 bridgehead atoms. The zero-order valence-electron chi connectivity index (χ0n) is 23.4. The van der Waals surface area contributed by atoms with E-state index in [1.54, 1.807) is 66.7 Å². The third-order valence-corrected chi connectivity index (χ3v) is 7.36. The Kier molecular flexibility index (Phi) is 9.12. The lowest BCUT2D eigenvalue weighted by Crippen LogP contribution is -2.54. The molecule has 1 aliphatic heterocycles. The number of alkyl halides is 1. The van der Waals surface area contributed by atoms with Crippen molar-refractivity contribution in [3.05, 3.63) is 126 Å². The number of hydrogen-bond acceptors (Lipinski definition) is 5. The van der Waals surface area contributed by atoms with Crippen molar-refractivity contribution >= 4 is 23.5 Å². The first kappa shape index (κ1) is 29.5. The zero-order valence-corrected chi connectivity index (χ0v) is 23.4. The van der Waals surface area contributed by atoms with E-state index in [1.165, 1.54) is 17.7 Å². The van der Waals surface area contributed by atoms with E-state index < -0.39 is 24.0 Å². The van der Waals surface area contributed by atoms with Gasteiger partial charge in [0.1, 0.15) is 11.5 Å². The average Bonchev–Trinajstić information content (AvgIpc) is 3.03. The number of hydrogen-bond donors (Lipinski definition) is 3. The van der Waals surface area contributed by atoms with Crippen molar-refractivity contribution in [2.75, 3.05) is 25.0 Å². The van der Waals surface area contributed by atoms with Gasteiger partial charge in [-0.2, -0.15) is 0 Å². The number of carboxylic acid groups (broad SMARTS) is 1. The molecular weight excluding hydrogens is 549 g/mol. The van der Waals surface area contributed by atoms with Crippen LogP contribution in [0.1, 0.15) is 21.5 Å². The monoisotopic (exact) mass is 581 g/mol. The molecule has 0 radical (unpaired) electrons. The summed E-state index contributed by atoms with van der Waals surface area (Å²) in [7, 11) is 0. The number of nitrogens with one attached hydrogen (secondary N) is 2. The van der Waals surface area contributed by atoms with E-state index in [1.807, 2.05) is 23.1 Å².